The SMILES string of the molecule is N[C@@](CS(=O)(=O)[O-])(C(=O)[O-])C(=O)CCS.[Na+].[Na+]. The van der Waals surface area contributed by atoms with E-state index in [0.29, 0.717) is 0 Å². The summed E-state index contributed by atoms with van der Waals surface area (Å²) in [5.74, 6) is -4.72. The summed E-state index contributed by atoms with van der Waals surface area (Å²) >= 11 is 3.65. The maximum absolute atomic E-state index is 11.2. The van der Waals surface area contributed by atoms with E-state index >= 15 is 0 Å². The van der Waals surface area contributed by atoms with Crippen LogP contribution in [0.1, 0.15) is 6.42 Å². The van der Waals surface area contributed by atoms with E-state index in [1.165, 1.54) is 0 Å². The molecule has 0 aliphatic rings. The molecule has 0 aromatic rings. The third-order valence-corrected chi connectivity index (χ3v) is 2.64. The molecule has 0 fully saturated rings. The van der Waals surface area contributed by atoms with Crippen LogP contribution in [-0.4, -0.2) is 41.8 Å². The third kappa shape index (κ3) is 8.19. The Labute approximate surface area is 149 Å². The first-order valence-corrected chi connectivity index (χ1v) is 5.92. The van der Waals surface area contributed by atoms with Gasteiger partial charge in [0.2, 0.25) is 0 Å². The monoisotopic (exact) mass is 301 g/mol. The van der Waals surface area contributed by atoms with E-state index in [1.54, 1.807) is 0 Å². The predicted molar refractivity (Wildman–Crippen MR) is 50.0 cm³/mol. The zero-order valence-electron chi connectivity index (χ0n) is 9.50. The molecule has 0 aliphatic heterocycles. The molecule has 2 N–H and O–H groups in total. The number of thiol groups is 1. The smallest absolute Gasteiger partial charge is 0.748 e. The molecule has 0 aromatic heterocycles. The number of hydrogen-bond acceptors (Lipinski definition) is 8. The summed E-state index contributed by atoms with van der Waals surface area (Å²) in [6.45, 7) is 0. The van der Waals surface area contributed by atoms with Gasteiger partial charge in [-0.1, -0.05) is 0 Å². The van der Waals surface area contributed by atoms with Gasteiger partial charge in [-0.3, -0.25) is 4.79 Å². The molecule has 1 atom stereocenters. The predicted octanol–water partition coefficient (Wildman–Crippen LogP) is -9.12. The van der Waals surface area contributed by atoms with E-state index in [2.05, 4.69) is 12.6 Å². The van der Waals surface area contributed by atoms with E-state index in [9.17, 15) is 27.7 Å². The topological polar surface area (TPSA) is 140 Å². The number of aliphatic carboxylic acids is 1. The standard InChI is InChI=1S/C6H11NO6S2.2Na/c7-6(5(9)10,3-15(11,12)13)4(8)1-2-14;;/h14H,1-3,7H2,(H,9,10)(H,11,12,13);;/q;2*+1/p-2/t6-;;/m1../s1. The number of nitrogens with two attached hydrogens (primary N) is 1. The van der Waals surface area contributed by atoms with Gasteiger partial charge in [0.05, 0.1) is 21.8 Å². The normalized spacial score (nSPS) is 13.8. The van der Waals surface area contributed by atoms with Gasteiger partial charge in [0.1, 0.15) is 5.54 Å². The summed E-state index contributed by atoms with van der Waals surface area (Å²) in [6, 6.07) is 0. The quantitative estimate of drug-likeness (QED) is 0.215. The molecular formula is C6H9NNa2O6S2. The van der Waals surface area contributed by atoms with E-state index in [0.717, 1.165) is 0 Å². The minimum absolute atomic E-state index is 0. The minimum Gasteiger partial charge on any atom is -0.748 e. The van der Waals surface area contributed by atoms with Crippen LogP contribution < -0.4 is 70.0 Å². The van der Waals surface area contributed by atoms with Crippen LogP contribution in [0.5, 0.6) is 0 Å². The fourth-order valence-electron chi connectivity index (χ4n) is 0.857. The Morgan fingerprint density at radius 1 is 1.29 bits per heavy atom. The molecule has 0 spiro atoms. The van der Waals surface area contributed by atoms with Crippen LogP contribution in [0.25, 0.3) is 0 Å². The maximum Gasteiger partial charge on any atom is 1.00 e. The fraction of sp³-hybridized carbons (Fsp3) is 0.667. The minimum atomic E-state index is -4.93. The van der Waals surface area contributed by atoms with Crippen molar-refractivity contribution in [1.82, 2.24) is 0 Å². The first kappa shape index (κ1) is 23.5. The summed E-state index contributed by atoms with van der Waals surface area (Å²) < 4.78 is 31.1. The number of rotatable bonds is 6. The van der Waals surface area contributed by atoms with Crippen LogP contribution in [0, 0.1) is 0 Å². The largest absolute Gasteiger partial charge is 1.00 e. The van der Waals surface area contributed by atoms with E-state index in [4.69, 9.17) is 5.73 Å². The average molecular weight is 301 g/mol. The summed E-state index contributed by atoms with van der Waals surface area (Å²) in [6.07, 6.45) is -0.358. The first-order valence-electron chi connectivity index (χ1n) is 3.71. The van der Waals surface area contributed by atoms with Gasteiger partial charge < -0.3 is 20.2 Å². The molecule has 0 radical (unpaired) electrons. The van der Waals surface area contributed by atoms with Crippen LogP contribution in [0.2, 0.25) is 0 Å². The maximum atomic E-state index is 11.2. The molecule has 0 saturated carbocycles. The van der Waals surface area contributed by atoms with Crippen molar-refractivity contribution in [3.63, 3.8) is 0 Å². The molecule has 0 rings (SSSR count). The molecule has 7 nitrogen and oxygen atoms in total. The van der Waals surface area contributed by atoms with Crippen molar-refractivity contribution < 1.29 is 86.8 Å². The molecule has 0 amide bonds. The molecule has 0 aliphatic carbocycles. The summed E-state index contributed by atoms with van der Waals surface area (Å²) in [5.41, 5.74) is 2.24. The number of carbonyl (C=O) groups is 2. The molecule has 17 heavy (non-hydrogen) atoms. The number of ketones is 1. The van der Waals surface area contributed by atoms with Gasteiger partial charge >= 0.3 is 59.1 Å². The number of carbonyl (C=O) groups excluding carboxylic acids is 2. The van der Waals surface area contributed by atoms with E-state index < -0.39 is 33.2 Å². The van der Waals surface area contributed by atoms with Crippen LogP contribution in [0.3, 0.4) is 0 Å². The van der Waals surface area contributed by atoms with Gasteiger partial charge in [0, 0.05) is 6.42 Å². The number of carboxylic acids is 1. The van der Waals surface area contributed by atoms with Gasteiger partial charge in [-0.15, -0.1) is 0 Å². The Morgan fingerprint density at radius 3 is 1.94 bits per heavy atom. The zero-order chi connectivity index (χ0) is 12.3. The Hall–Kier alpha value is 1.36. The Kier molecular flexibility index (Phi) is 12.8. The summed E-state index contributed by atoms with van der Waals surface area (Å²) in [5, 5.41) is 10.5. The van der Waals surface area contributed by atoms with Gasteiger partial charge in [0.25, 0.3) is 0 Å². The van der Waals surface area contributed by atoms with Gasteiger partial charge in [-0.05, 0) is 5.75 Å². The molecule has 0 bridgehead atoms. The number of carboxylic acid groups (broad SMARTS) is 1. The second-order valence-electron chi connectivity index (χ2n) is 2.86. The van der Waals surface area contributed by atoms with Crippen molar-refractivity contribution in [2.24, 2.45) is 5.73 Å². The Balaban J connectivity index is -0.000000980. The van der Waals surface area contributed by atoms with E-state index in [-0.39, 0.29) is 71.3 Å². The van der Waals surface area contributed by atoms with Gasteiger partial charge in [-0.25, -0.2) is 8.42 Å². The van der Waals surface area contributed by atoms with Gasteiger partial charge in [0.15, 0.2) is 5.78 Å². The van der Waals surface area contributed by atoms with Crippen LogP contribution in [0.15, 0.2) is 0 Å². The second kappa shape index (κ2) is 9.29. The van der Waals surface area contributed by atoms with Crippen molar-refractivity contribution in [1.29, 1.82) is 0 Å². The fourth-order valence-corrected chi connectivity index (χ4v) is 1.90. The van der Waals surface area contributed by atoms with Crippen molar-refractivity contribution in [2.75, 3.05) is 11.5 Å². The van der Waals surface area contributed by atoms with Crippen LogP contribution in [-0.2, 0) is 19.7 Å². The zero-order valence-corrected chi connectivity index (χ0v) is 15.2. The van der Waals surface area contributed by atoms with Crippen molar-refractivity contribution in [3.8, 4) is 0 Å². The molecule has 88 valence electrons. The molecule has 0 aromatic carbocycles. The Bertz CT molecular complexity index is 373. The van der Waals surface area contributed by atoms with Gasteiger partial charge in [-0.2, -0.15) is 12.6 Å². The number of hydrogen-bond donors (Lipinski definition) is 2. The molecule has 0 unspecified atom stereocenters. The van der Waals surface area contributed by atoms with Crippen LogP contribution >= 0.6 is 12.6 Å². The molecule has 0 heterocycles. The first-order chi connectivity index (χ1) is 6.63. The molecule has 0 saturated heterocycles. The van der Waals surface area contributed by atoms with Crippen LogP contribution in [0.4, 0.5) is 0 Å². The third-order valence-electron chi connectivity index (χ3n) is 1.61. The number of Topliss-reactive ketones (excluding diaryl/α,β-unsaturated/α-hetero) is 1. The summed E-state index contributed by atoms with van der Waals surface area (Å²) in [7, 11) is -4.93. The Morgan fingerprint density at radius 2 is 1.71 bits per heavy atom. The van der Waals surface area contributed by atoms with E-state index in [1.807, 2.05) is 0 Å². The van der Waals surface area contributed by atoms with Crippen molar-refractivity contribution in [3.05, 3.63) is 0 Å². The average Bonchev–Trinajstić information content (AvgIpc) is 2.01. The second-order valence-corrected chi connectivity index (χ2v) is 4.71. The van der Waals surface area contributed by atoms with Crippen molar-refractivity contribution >= 4 is 34.5 Å². The summed E-state index contributed by atoms with van der Waals surface area (Å²) in [4.78, 5) is 21.7. The molecular weight excluding hydrogens is 292 g/mol. The van der Waals surface area contributed by atoms with Crippen molar-refractivity contribution in [2.45, 2.75) is 12.0 Å². The molecule has 11 heteroatoms.